The summed E-state index contributed by atoms with van der Waals surface area (Å²) in [6.07, 6.45) is -3.11. The molecule has 0 saturated carbocycles. The van der Waals surface area contributed by atoms with Crippen LogP contribution in [0.1, 0.15) is 39.2 Å². The lowest BCUT2D eigenvalue weighted by atomic mass is 10.1. The Hall–Kier alpha value is -1.77. The molecule has 0 bridgehead atoms. The number of aromatic nitrogens is 2. The van der Waals surface area contributed by atoms with Crippen LogP contribution in [-0.4, -0.2) is 45.7 Å². The topological polar surface area (TPSA) is 67.3 Å². The highest BCUT2D eigenvalue weighted by Crippen LogP contribution is 2.33. The van der Waals surface area contributed by atoms with Crippen molar-refractivity contribution in [1.29, 1.82) is 0 Å². The Morgan fingerprint density at radius 3 is 2.40 bits per heavy atom. The smallest absolute Gasteiger partial charge is 0.420 e. The average Bonchev–Trinajstić information content (AvgIpc) is 2.44. The molecule has 0 unspecified atom stereocenters. The Morgan fingerprint density at radius 1 is 1.32 bits per heavy atom. The normalized spacial score (nSPS) is 16.7. The number of alkyl halides is 3. The van der Waals surface area contributed by atoms with E-state index in [0.717, 1.165) is 0 Å². The molecule has 2 heterocycles. The van der Waals surface area contributed by atoms with Gasteiger partial charge in [0, 0.05) is 25.3 Å². The van der Waals surface area contributed by atoms with E-state index in [2.05, 4.69) is 15.3 Å². The molecule has 2 rings (SSSR count). The maximum atomic E-state index is 12.6. The number of hydrogen-bond donors (Lipinski definition) is 1. The van der Waals surface area contributed by atoms with Crippen molar-refractivity contribution in [2.24, 2.45) is 0 Å². The van der Waals surface area contributed by atoms with Crippen LogP contribution in [0, 0.1) is 0 Å². The molecular weight excluding hydrogens is 361 g/mol. The van der Waals surface area contributed by atoms with Gasteiger partial charge in [-0.2, -0.15) is 13.2 Å². The third-order valence-electron chi connectivity index (χ3n) is 3.53. The fourth-order valence-electron chi connectivity index (χ4n) is 2.34. The third kappa shape index (κ3) is 5.62. The number of halogens is 4. The van der Waals surface area contributed by atoms with E-state index in [4.69, 9.17) is 16.3 Å². The lowest BCUT2D eigenvalue weighted by Crippen LogP contribution is -2.44. The van der Waals surface area contributed by atoms with E-state index in [9.17, 15) is 18.0 Å². The van der Waals surface area contributed by atoms with E-state index in [-0.39, 0.29) is 18.1 Å². The molecule has 25 heavy (non-hydrogen) atoms. The van der Waals surface area contributed by atoms with Crippen molar-refractivity contribution in [3.05, 3.63) is 16.9 Å². The van der Waals surface area contributed by atoms with Gasteiger partial charge in [0.25, 0.3) is 0 Å². The van der Waals surface area contributed by atoms with Crippen molar-refractivity contribution in [2.45, 2.75) is 51.4 Å². The molecule has 1 aromatic heterocycles. The van der Waals surface area contributed by atoms with Crippen LogP contribution in [0.5, 0.6) is 0 Å². The Labute approximate surface area is 148 Å². The van der Waals surface area contributed by atoms with Crippen LogP contribution in [0.25, 0.3) is 0 Å². The summed E-state index contributed by atoms with van der Waals surface area (Å²) >= 11 is 5.58. The molecule has 0 spiro atoms. The second-order valence-electron chi connectivity index (χ2n) is 6.78. The maximum absolute atomic E-state index is 12.6. The van der Waals surface area contributed by atoms with Crippen LogP contribution >= 0.6 is 11.6 Å². The fraction of sp³-hybridized carbons (Fsp3) is 0.667. The summed E-state index contributed by atoms with van der Waals surface area (Å²) in [6.45, 7) is 6.34. The number of piperidine rings is 1. The van der Waals surface area contributed by atoms with Gasteiger partial charge in [-0.1, -0.05) is 11.6 Å². The number of rotatable bonds is 2. The van der Waals surface area contributed by atoms with E-state index in [0.29, 0.717) is 32.1 Å². The van der Waals surface area contributed by atoms with Gasteiger partial charge >= 0.3 is 12.3 Å². The summed E-state index contributed by atoms with van der Waals surface area (Å²) in [7, 11) is 0. The molecule has 1 aromatic rings. The first-order valence-electron chi connectivity index (χ1n) is 7.80. The summed E-state index contributed by atoms with van der Waals surface area (Å²) in [6, 6.07) is -0.0634. The molecule has 1 aliphatic rings. The van der Waals surface area contributed by atoms with E-state index in [1.807, 2.05) is 0 Å². The maximum Gasteiger partial charge on any atom is 0.420 e. The van der Waals surface area contributed by atoms with Gasteiger partial charge < -0.3 is 15.0 Å². The molecule has 6 nitrogen and oxygen atoms in total. The molecule has 1 fully saturated rings. The second kappa shape index (κ2) is 7.23. The van der Waals surface area contributed by atoms with Crippen molar-refractivity contribution in [2.75, 3.05) is 18.4 Å². The minimum absolute atomic E-state index is 0.0359. The molecule has 1 amide bonds. The van der Waals surface area contributed by atoms with Crippen LogP contribution in [0.15, 0.2) is 6.20 Å². The van der Waals surface area contributed by atoms with E-state index in [1.54, 1.807) is 25.7 Å². The number of anilines is 1. The summed E-state index contributed by atoms with van der Waals surface area (Å²) < 4.78 is 43.2. The van der Waals surface area contributed by atoms with E-state index < -0.39 is 22.5 Å². The number of carbonyl (C=O) groups is 1. The van der Waals surface area contributed by atoms with Crippen molar-refractivity contribution in [1.82, 2.24) is 14.9 Å². The number of amides is 1. The Kier molecular flexibility index (Phi) is 5.65. The van der Waals surface area contributed by atoms with Crippen LogP contribution in [0.4, 0.5) is 23.9 Å². The monoisotopic (exact) mass is 380 g/mol. The van der Waals surface area contributed by atoms with Crippen molar-refractivity contribution < 1.29 is 22.7 Å². The van der Waals surface area contributed by atoms with Gasteiger partial charge in [-0.15, -0.1) is 0 Å². The van der Waals surface area contributed by atoms with Crippen molar-refractivity contribution in [3.63, 3.8) is 0 Å². The number of carbonyl (C=O) groups excluding carboxylic acids is 1. The second-order valence-corrected chi connectivity index (χ2v) is 7.14. The Balaban J connectivity index is 1.90. The summed E-state index contributed by atoms with van der Waals surface area (Å²) in [5.74, 6) is 0.0359. The Morgan fingerprint density at radius 2 is 1.92 bits per heavy atom. The van der Waals surface area contributed by atoms with Gasteiger partial charge in [-0.3, -0.25) is 0 Å². The predicted octanol–water partition coefficient (Wildman–Crippen LogP) is 3.96. The highest BCUT2D eigenvalue weighted by Gasteiger charge is 2.35. The quantitative estimate of drug-likeness (QED) is 0.786. The van der Waals surface area contributed by atoms with Crippen LogP contribution < -0.4 is 5.32 Å². The van der Waals surface area contributed by atoms with E-state index >= 15 is 0 Å². The summed E-state index contributed by atoms with van der Waals surface area (Å²) in [5.41, 5.74) is -1.63. The average molecular weight is 381 g/mol. The van der Waals surface area contributed by atoms with Gasteiger partial charge in [0.05, 0.1) is 0 Å². The first kappa shape index (κ1) is 19.6. The van der Waals surface area contributed by atoms with Crippen molar-refractivity contribution >= 4 is 23.6 Å². The van der Waals surface area contributed by atoms with Gasteiger partial charge in [0.2, 0.25) is 5.95 Å². The minimum atomic E-state index is -4.59. The molecule has 0 aliphatic carbocycles. The van der Waals surface area contributed by atoms with Gasteiger partial charge in [-0.25, -0.2) is 14.8 Å². The third-order valence-corrected chi connectivity index (χ3v) is 3.82. The molecule has 0 aromatic carbocycles. The van der Waals surface area contributed by atoms with E-state index in [1.165, 1.54) is 0 Å². The predicted molar refractivity (Wildman–Crippen MR) is 86.5 cm³/mol. The number of ether oxygens (including phenoxy) is 1. The summed E-state index contributed by atoms with van der Waals surface area (Å²) in [4.78, 5) is 20.9. The molecule has 1 aliphatic heterocycles. The molecule has 10 heteroatoms. The van der Waals surface area contributed by atoms with Crippen LogP contribution in [-0.2, 0) is 10.9 Å². The number of hydrogen-bond acceptors (Lipinski definition) is 5. The van der Waals surface area contributed by atoms with Gasteiger partial charge in [0.15, 0.2) is 0 Å². The zero-order chi connectivity index (χ0) is 18.8. The molecule has 0 atom stereocenters. The molecule has 0 radical (unpaired) electrons. The van der Waals surface area contributed by atoms with Crippen LogP contribution in [0.2, 0.25) is 5.15 Å². The largest absolute Gasteiger partial charge is 0.444 e. The standard InChI is InChI=1S/C15H20ClF3N4O2/c1-14(2,3)25-13(24)23-6-4-9(5-7-23)21-12-20-8-10(11(16)22-12)15(17,18)19/h8-9H,4-7H2,1-3H3,(H,20,21,22). The first-order chi connectivity index (χ1) is 11.5. The zero-order valence-electron chi connectivity index (χ0n) is 14.2. The van der Waals surface area contributed by atoms with Crippen molar-refractivity contribution in [3.8, 4) is 0 Å². The molecule has 140 valence electrons. The highest BCUT2D eigenvalue weighted by molar-refractivity contribution is 6.30. The lowest BCUT2D eigenvalue weighted by Gasteiger charge is -2.33. The van der Waals surface area contributed by atoms with Gasteiger partial charge in [-0.05, 0) is 33.6 Å². The fourth-order valence-corrected chi connectivity index (χ4v) is 2.57. The Bertz CT molecular complexity index is 626. The molecule has 1 saturated heterocycles. The molecule has 1 N–H and O–H groups in total. The minimum Gasteiger partial charge on any atom is -0.444 e. The number of nitrogens with zero attached hydrogens (tertiary/aromatic N) is 3. The summed E-state index contributed by atoms with van der Waals surface area (Å²) in [5, 5.41) is 2.31. The lowest BCUT2D eigenvalue weighted by molar-refractivity contribution is -0.137. The van der Waals surface area contributed by atoms with Crippen LogP contribution in [0.3, 0.4) is 0 Å². The number of nitrogens with one attached hydrogen (secondary N) is 1. The first-order valence-corrected chi connectivity index (χ1v) is 8.18. The number of likely N-dealkylation sites (tertiary alicyclic amines) is 1. The highest BCUT2D eigenvalue weighted by atomic mass is 35.5. The van der Waals surface area contributed by atoms with Gasteiger partial charge in [0.1, 0.15) is 16.3 Å². The SMILES string of the molecule is CC(C)(C)OC(=O)N1CCC(Nc2ncc(C(F)(F)F)c(Cl)n2)CC1. The zero-order valence-corrected chi connectivity index (χ0v) is 14.9. The molecular formula is C15H20ClF3N4O2.